The summed E-state index contributed by atoms with van der Waals surface area (Å²) < 4.78 is 32.5. The topological polar surface area (TPSA) is 90.0 Å². The summed E-state index contributed by atoms with van der Waals surface area (Å²) in [7, 11) is -3.99. The molecule has 1 N–H and O–H groups in total. The lowest BCUT2D eigenvalue weighted by Crippen LogP contribution is -2.18. The van der Waals surface area contributed by atoms with Gasteiger partial charge < -0.3 is 9.73 Å². The number of aromatic nitrogens is 3. The molecule has 29 heavy (non-hydrogen) atoms. The summed E-state index contributed by atoms with van der Waals surface area (Å²) in [4.78, 5) is 4.39. The van der Waals surface area contributed by atoms with Crippen molar-refractivity contribution in [2.45, 2.75) is 18.4 Å². The molecule has 148 valence electrons. The number of nitrogens with zero attached hydrogens (tertiary/aromatic N) is 3. The van der Waals surface area contributed by atoms with Gasteiger partial charge in [0.2, 0.25) is 11.8 Å². The van der Waals surface area contributed by atoms with E-state index >= 15 is 0 Å². The molecule has 0 radical (unpaired) electrons. The molecule has 2 heterocycles. The van der Waals surface area contributed by atoms with E-state index in [9.17, 15) is 8.42 Å². The van der Waals surface area contributed by atoms with Gasteiger partial charge >= 0.3 is 0 Å². The zero-order chi connectivity index (χ0) is 20.4. The van der Waals surface area contributed by atoms with Gasteiger partial charge in [0.05, 0.1) is 11.2 Å². The molecule has 4 aromatic rings. The first-order valence-electron chi connectivity index (χ1n) is 8.75. The maximum atomic E-state index is 13.2. The van der Waals surface area contributed by atoms with Gasteiger partial charge in [-0.2, -0.15) is 13.4 Å². The monoisotopic (exact) mass is 428 g/mol. The third-order valence-corrected chi connectivity index (χ3v) is 6.06. The Bertz CT molecular complexity index is 1220. The van der Waals surface area contributed by atoms with Gasteiger partial charge in [-0.1, -0.05) is 41.4 Å². The van der Waals surface area contributed by atoms with Crippen molar-refractivity contribution in [3.63, 3.8) is 0 Å². The zero-order valence-electron chi connectivity index (χ0n) is 15.4. The molecule has 7 nitrogen and oxygen atoms in total. The molecular formula is C20H17ClN4O3S. The minimum absolute atomic E-state index is 0.0520. The zero-order valence-corrected chi connectivity index (χ0v) is 17.0. The Kier molecular flexibility index (Phi) is 5.12. The van der Waals surface area contributed by atoms with Crippen molar-refractivity contribution >= 4 is 27.6 Å². The second kappa shape index (κ2) is 7.73. The van der Waals surface area contributed by atoms with Crippen LogP contribution < -0.4 is 5.32 Å². The summed E-state index contributed by atoms with van der Waals surface area (Å²) in [6.07, 6.45) is 1.48. The number of rotatable bonds is 6. The average Bonchev–Trinajstić information content (AvgIpc) is 3.38. The summed E-state index contributed by atoms with van der Waals surface area (Å²) in [5.74, 6) is 0.624. The molecule has 0 aliphatic carbocycles. The van der Waals surface area contributed by atoms with Crippen molar-refractivity contribution < 1.29 is 12.8 Å². The Hall–Kier alpha value is -3.10. The Morgan fingerprint density at radius 2 is 1.79 bits per heavy atom. The van der Waals surface area contributed by atoms with E-state index < -0.39 is 10.0 Å². The van der Waals surface area contributed by atoms with E-state index in [1.54, 1.807) is 12.1 Å². The van der Waals surface area contributed by atoms with Crippen LogP contribution in [0.1, 0.15) is 11.1 Å². The lowest BCUT2D eigenvalue weighted by atomic mass is 10.1. The number of hydrogen-bond donors (Lipinski definition) is 1. The van der Waals surface area contributed by atoms with Crippen molar-refractivity contribution in [1.82, 2.24) is 14.2 Å². The van der Waals surface area contributed by atoms with Crippen molar-refractivity contribution in [3.8, 4) is 11.6 Å². The maximum absolute atomic E-state index is 13.2. The van der Waals surface area contributed by atoms with Crippen molar-refractivity contribution in [1.29, 1.82) is 0 Å². The van der Waals surface area contributed by atoms with Crippen LogP contribution in [0, 0.1) is 6.92 Å². The number of anilines is 1. The first kappa shape index (κ1) is 19.2. The quantitative estimate of drug-likeness (QED) is 0.491. The van der Waals surface area contributed by atoms with Crippen LogP contribution in [0.3, 0.4) is 0 Å². The molecule has 0 atom stereocenters. The molecule has 0 unspecified atom stereocenters. The van der Waals surface area contributed by atoms with Crippen LogP contribution in [0.2, 0.25) is 5.02 Å². The molecule has 0 fully saturated rings. The Morgan fingerprint density at radius 1 is 1.07 bits per heavy atom. The summed E-state index contributed by atoms with van der Waals surface area (Å²) in [6.45, 7) is 2.38. The maximum Gasteiger partial charge on any atom is 0.286 e. The van der Waals surface area contributed by atoms with E-state index in [2.05, 4.69) is 15.4 Å². The molecule has 4 rings (SSSR count). The lowest BCUT2D eigenvalue weighted by Gasteiger charge is -2.09. The predicted octanol–water partition coefficient (Wildman–Crippen LogP) is 4.35. The minimum atomic E-state index is -3.99. The smallest absolute Gasteiger partial charge is 0.286 e. The summed E-state index contributed by atoms with van der Waals surface area (Å²) in [6, 6.07) is 17.1. The lowest BCUT2D eigenvalue weighted by molar-refractivity contribution is 0.573. The van der Waals surface area contributed by atoms with E-state index in [1.165, 1.54) is 30.5 Å². The Balaban J connectivity index is 1.73. The van der Waals surface area contributed by atoms with Gasteiger partial charge in [-0.05, 0) is 48.9 Å². The second-order valence-electron chi connectivity index (χ2n) is 6.38. The molecule has 0 bridgehead atoms. The number of nitrogens with one attached hydrogen (secondary N) is 1. The Labute approximate surface area is 173 Å². The number of halogens is 1. The van der Waals surface area contributed by atoms with Crippen molar-refractivity contribution in [3.05, 3.63) is 83.1 Å². The van der Waals surface area contributed by atoms with Gasteiger partial charge in [0, 0.05) is 11.6 Å². The average molecular weight is 429 g/mol. The predicted molar refractivity (Wildman–Crippen MR) is 110 cm³/mol. The molecule has 0 spiro atoms. The molecule has 0 aliphatic heterocycles. The van der Waals surface area contributed by atoms with Crippen LogP contribution in [0.4, 0.5) is 5.95 Å². The second-order valence-corrected chi connectivity index (χ2v) is 8.58. The van der Waals surface area contributed by atoms with E-state index in [0.717, 1.165) is 15.2 Å². The SMILES string of the molecule is Cc1ccc(CNc2nc(-c3ccco3)nn2S(=O)(=O)c2ccc(Cl)cc2)cc1. The largest absolute Gasteiger partial charge is 0.461 e. The van der Waals surface area contributed by atoms with E-state index in [0.29, 0.717) is 17.3 Å². The summed E-state index contributed by atoms with van der Waals surface area (Å²) >= 11 is 5.89. The van der Waals surface area contributed by atoms with Gasteiger partial charge in [-0.15, -0.1) is 9.19 Å². The summed E-state index contributed by atoms with van der Waals surface area (Å²) in [5, 5.41) is 7.68. The van der Waals surface area contributed by atoms with Gasteiger partial charge in [0.15, 0.2) is 5.76 Å². The Morgan fingerprint density at radius 3 is 2.45 bits per heavy atom. The first-order chi connectivity index (χ1) is 13.9. The minimum Gasteiger partial charge on any atom is -0.461 e. The van der Waals surface area contributed by atoms with Gasteiger partial charge in [0.1, 0.15) is 0 Å². The fourth-order valence-electron chi connectivity index (χ4n) is 2.68. The highest BCUT2D eigenvalue weighted by molar-refractivity contribution is 7.90. The third kappa shape index (κ3) is 4.03. The van der Waals surface area contributed by atoms with Gasteiger partial charge in [-0.3, -0.25) is 0 Å². The number of aryl methyl sites for hydroxylation is 1. The molecule has 0 aliphatic rings. The first-order valence-corrected chi connectivity index (χ1v) is 10.6. The highest BCUT2D eigenvalue weighted by atomic mass is 35.5. The van der Waals surface area contributed by atoms with E-state index in [-0.39, 0.29) is 16.7 Å². The molecule has 0 saturated heterocycles. The molecule has 0 amide bonds. The van der Waals surface area contributed by atoms with Crippen molar-refractivity contribution in [2.24, 2.45) is 0 Å². The van der Waals surface area contributed by atoms with Gasteiger partial charge in [-0.25, -0.2) is 0 Å². The van der Waals surface area contributed by atoms with Crippen molar-refractivity contribution in [2.75, 3.05) is 5.32 Å². The number of benzene rings is 2. The van der Waals surface area contributed by atoms with Crippen LogP contribution >= 0.6 is 11.6 Å². The highest BCUT2D eigenvalue weighted by Crippen LogP contribution is 2.24. The standard InChI is InChI=1S/C20H17ClN4O3S/c1-14-4-6-15(7-5-14)13-22-20-23-19(18-3-2-12-28-18)24-25(20)29(26,27)17-10-8-16(21)9-11-17/h2-12H,13H2,1H3,(H,22,23,24). The fraction of sp³-hybridized carbons (Fsp3) is 0.100. The molecular weight excluding hydrogens is 412 g/mol. The fourth-order valence-corrected chi connectivity index (χ4v) is 4.00. The van der Waals surface area contributed by atoms with E-state index in [1.807, 2.05) is 31.2 Å². The third-order valence-electron chi connectivity index (χ3n) is 4.23. The molecule has 9 heteroatoms. The molecule has 2 aromatic carbocycles. The van der Waals surface area contributed by atoms with Crippen LogP contribution in [0.5, 0.6) is 0 Å². The van der Waals surface area contributed by atoms with Gasteiger partial charge in [0.25, 0.3) is 10.0 Å². The number of furan rings is 1. The summed E-state index contributed by atoms with van der Waals surface area (Å²) in [5.41, 5.74) is 2.12. The number of hydrogen-bond acceptors (Lipinski definition) is 6. The van der Waals surface area contributed by atoms with Crippen LogP contribution in [-0.4, -0.2) is 22.6 Å². The molecule has 0 saturated carbocycles. The van der Waals surface area contributed by atoms with Crippen LogP contribution in [0.15, 0.2) is 76.2 Å². The highest BCUT2D eigenvalue weighted by Gasteiger charge is 2.25. The molecule has 2 aromatic heterocycles. The normalized spacial score (nSPS) is 11.5. The van der Waals surface area contributed by atoms with E-state index in [4.69, 9.17) is 16.0 Å². The van der Waals surface area contributed by atoms with Crippen LogP contribution in [-0.2, 0) is 16.6 Å². The van der Waals surface area contributed by atoms with Crippen LogP contribution in [0.25, 0.3) is 11.6 Å².